The fourth-order valence-corrected chi connectivity index (χ4v) is 4.67. The molecule has 1 aromatic carbocycles. The van der Waals surface area contributed by atoms with Gasteiger partial charge in [0.25, 0.3) is 5.95 Å². The van der Waals surface area contributed by atoms with E-state index in [0.29, 0.717) is 5.95 Å². The number of aromatic nitrogens is 8. The fourth-order valence-electron chi connectivity index (χ4n) is 4.67. The van der Waals surface area contributed by atoms with Crippen LogP contribution in [0.1, 0.15) is 32.0 Å². The summed E-state index contributed by atoms with van der Waals surface area (Å²) >= 11 is 0. The molecule has 0 amide bonds. The minimum atomic E-state index is -0.167. The van der Waals surface area contributed by atoms with E-state index in [-0.39, 0.29) is 5.54 Å². The van der Waals surface area contributed by atoms with Crippen molar-refractivity contribution in [3.8, 4) is 23.0 Å². The van der Waals surface area contributed by atoms with Gasteiger partial charge < -0.3 is 4.90 Å². The molecule has 144 valence electrons. The number of rotatable bonds is 3. The molecule has 0 spiro atoms. The van der Waals surface area contributed by atoms with Gasteiger partial charge in [-0.2, -0.15) is 14.8 Å². The lowest BCUT2D eigenvalue weighted by Crippen LogP contribution is -2.46. The second-order valence-corrected chi connectivity index (χ2v) is 7.41. The molecule has 9 nitrogen and oxygen atoms in total. The first kappa shape index (κ1) is 16.3. The Hall–Kier alpha value is -3.62. The molecule has 0 radical (unpaired) electrons. The third-order valence-corrected chi connectivity index (χ3v) is 6.06. The molecule has 1 fully saturated rings. The Morgan fingerprint density at radius 1 is 1.14 bits per heavy atom. The largest absolute Gasteiger partial charge is 0.342 e. The average Bonchev–Trinajstić information content (AvgIpc) is 3.53. The highest BCUT2D eigenvalue weighted by atomic mass is 15.4. The molecule has 1 saturated heterocycles. The minimum absolute atomic E-state index is 0.167. The normalized spacial score (nSPS) is 19.7. The summed E-state index contributed by atoms with van der Waals surface area (Å²) in [6.45, 7) is 3.14. The van der Waals surface area contributed by atoms with Crippen molar-refractivity contribution in [1.29, 1.82) is 0 Å². The van der Waals surface area contributed by atoms with Crippen molar-refractivity contribution in [3.05, 3.63) is 55.0 Å². The lowest BCUT2D eigenvalue weighted by Gasteiger charge is -2.42. The summed E-state index contributed by atoms with van der Waals surface area (Å²) in [5.41, 5.74) is 1.71. The molecule has 4 aromatic rings. The van der Waals surface area contributed by atoms with Gasteiger partial charge in [0, 0.05) is 12.1 Å². The highest BCUT2D eigenvalue weighted by molar-refractivity contribution is 5.65. The van der Waals surface area contributed by atoms with Gasteiger partial charge in [0.2, 0.25) is 0 Å². The molecule has 3 aromatic heterocycles. The van der Waals surface area contributed by atoms with Gasteiger partial charge in [-0.05, 0) is 19.3 Å². The van der Waals surface area contributed by atoms with Crippen LogP contribution in [0.5, 0.6) is 0 Å². The summed E-state index contributed by atoms with van der Waals surface area (Å²) in [4.78, 5) is 16.4. The Kier molecular flexibility index (Phi) is 3.35. The predicted octanol–water partition coefficient (Wildman–Crippen LogP) is 2.52. The lowest BCUT2D eigenvalue weighted by molar-refractivity contribution is 0.381. The predicted molar refractivity (Wildman–Crippen MR) is 106 cm³/mol. The molecule has 29 heavy (non-hydrogen) atoms. The summed E-state index contributed by atoms with van der Waals surface area (Å²) in [7, 11) is 0. The maximum Gasteiger partial charge on any atom is 0.254 e. The molecule has 5 heterocycles. The van der Waals surface area contributed by atoms with Crippen LogP contribution in [0.4, 0.5) is 5.82 Å². The SMILES string of the molecule is CC[C@@]12CCCN1c1nc(-n3ncnc3-c3ccccc3)ncc1-n1cnnc12. The zero-order chi connectivity index (χ0) is 19.4. The molecule has 0 aliphatic carbocycles. The fraction of sp³-hybridized carbons (Fsp3) is 0.300. The van der Waals surface area contributed by atoms with E-state index >= 15 is 0 Å². The average molecular weight is 385 g/mol. The van der Waals surface area contributed by atoms with Crippen LogP contribution < -0.4 is 4.90 Å². The van der Waals surface area contributed by atoms with Crippen LogP contribution in [0.2, 0.25) is 0 Å². The smallest absolute Gasteiger partial charge is 0.254 e. The topological polar surface area (TPSA) is 90.4 Å². The van der Waals surface area contributed by atoms with Crippen LogP contribution in [-0.4, -0.2) is 46.0 Å². The zero-order valence-corrected chi connectivity index (χ0v) is 16.0. The number of fused-ring (bicyclic) bond motifs is 6. The Morgan fingerprint density at radius 2 is 2.03 bits per heavy atom. The highest BCUT2D eigenvalue weighted by Crippen LogP contribution is 2.48. The van der Waals surface area contributed by atoms with Gasteiger partial charge in [-0.3, -0.25) is 4.57 Å². The van der Waals surface area contributed by atoms with Crippen molar-refractivity contribution >= 4 is 5.82 Å². The second-order valence-electron chi connectivity index (χ2n) is 7.41. The van der Waals surface area contributed by atoms with Crippen molar-refractivity contribution in [2.24, 2.45) is 0 Å². The van der Waals surface area contributed by atoms with E-state index < -0.39 is 0 Å². The molecule has 0 unspecified atom stereocenters. The van der Waals surface area contributed by atoms with E-state index in [4.69, 9.17) is 4.98 Å². The molecule has 0 saturated carbocycles. The molecule has 6 rings (SSSR count). The van der Waals surface area contributed by atoms with Gasteiger partial charge in [0.05, 0.1) is 6.20 Å². The first-order valence-corrected chi connectivity index (χ1v) is 9.83. The minimum Gasteiger partial charge on any atom is -0.342 e. The number of benzene rings is 1. The first-order valence-electron chi connectivity index (χ1n) is 9.83. The molecule has 9 heteroatoms. The third kappa shape index (κ3) is 2.15. The van der Waals surface area contributed by atoms with Crippen LogP contribution in [0.15, 0.2) is 49.2 Å². The number of nitrogens with zero attached hydrogens (tertiary/aromatic N) is 9. The van der Waals surface area contributed by atoms with Crippen molar-refractivity contribution in [3.63, 3.8) is 0 Å². The van der Waals surface area contributed by atoms with Crippen LogP contribution >= 0.6 is 0 Å². The molecule has 0 N–H and O–H groups in total. The lowest BCUT2D eigenvalue weighted by atomic mass is 9.90. The molecule has 2 aliphatic heterocycles. The van der Waals surface area contributed by atoms with Crippen molar-refractivity contribution in [2.75, 3.05) is 11.4 Å². The monoisotopic (exact) mass is 385 g/mol. The van der Waals surface area contributed by atoms with E-state index in [1.807, 2.05) is 41.1 Å². The summed E-state index contributed by atoms with van der Waals surface area (Å²) in [6.07, 6.45) is 8.21. The van der Waals surface area contributed by atoms with Crippen molar-refractivity contribution in [1.82, 2.24) is 39.5 Å². The van der Waals surface area contributed by atoms with Crippen LogP contribution in [0, 0.1) is 0 Å². The number of anilines is 1. The Balaban J connectivity index is 1.54. The molecule has 1 atom stereocenters. The van der Waals surface area contributed by atoms with Crippen LogP contribution in [0.3, 0.4) is 0 Å². The summed E-state index contributed by atoms with van der Waals surface area (Å²) in [5, 5.41) is 13.0. The molecule has 2 aliphatic rings. The maximum absolute atomic E-state index is 4.95. The molecular formula is C20H19N9. The van der Waals surface area contributed by atoms with E-state index in [9.17, 15) is 0 Å². The van der Waals surface area contributed by atoms with Gasteiger partial charge in [0.1, 0.15) is 23.9 Å². The van der Waals surface area contributed by atoms with Gasteiger partial charge in [-0.15, -0.1) is 10.2 Å². The highest BCUT2D eigenvalue weighted by Gasteiger charge is 2.49. The van der Waals surface area contributed by atoms with Crippen LogP contribution in [-0.2, 0) is 5.54 Å². The van der Waals surface area contributed by atoms with E-state index in [1.54, 1.807) is 11.0 Å². The summed E-state index contributed by atoms with van der Waals surface area (Å²) < 4.78 is 3.73. The molecular weight excluding hydrogens is 366 g/mol. The van der Waals surface area contributed by atoms with Gasteiger partial charge in [-0.25, -0.2) is 9.97 Å². The second kappa shape index (κ2) is 5.94. The first-order chi connectivity index (χ1) is 14.3. The standard InChI is InChI=1S/C20H19N9/c1-2-20-9-6-10-28(20)17-15(27-13-23-26-18(20)27)11-21-19(25-17)29-16(22-12-24-29)14-7-4-3-5-8-14/h3-5,7-8,11-13H,2,6,9-10H2,1H3/t20-/m0/s1. The van der Waals surface area contributed by atoms with Gasteiger partial charge in [0.15, 0.2) is 17.5 Å². The quantitative estimate of drug-likeness (QED) is 0.535. The zero-order valence-electron chi connectivity index (χ0n) is 16.0. The number of hydrogen-bond acceptors (Lipinski definition) is 7. The third-order valence-electron chi connectivity index (χ3n) is 6.06. The summed E-state index contributed by atoms with van der Waals surface area (Å²) in [5.74, 6) is 3.10. The van der Waals surface area contributed by atoms with Crippen molar-refractivity contribution in [2.45, 2.75) is 31.7 Å². The van der Waals surface area contributed by atoms with E-state index in [2.05, 4.69) is 37.1 Å². The van der Waals surface area contributed by atoms with E-state index in [0.717, 1.165) is 54.5 Å². The van der Waals surface area contributed by atoms with Crippen LogP contribution in [0.25, 0.3) is 23.0 Å². The number of hydrogen-bond donors (Lipinski definition) is 0. The summed E-state index contributed by atoms with van der Waals surface area (Å²) in [6, 6.07) is 9.95. The van der Waals surface area contributed by atoms with E-state index in [1.165, 1.54) is 6.33 Å². The van der Waals surface area contributed by atoms with Gasteiger partial charge in [-0.1, -0.05) is 37.3 Å². The Bertz CT molecular complexity index is 1200. The molecule has 0 bridgehead atoms. The van der Waals surface area contributed by atoms with Gasteiger partial charge >= 0.3 is 0 Å². The maximum atomic E-state index is 4.95. The van der Waals surface area contributed by atoms with Crippen molar-refractivity contribution < 1.29 is 0 Å². The Labute approximate surface area is 167 Å². The Morgan fingerprint density at radius 3 is 2.90 bits per heavy atom.